The molecule has 1 N–H and O–H groups in total. The molecule has 10 heteroatoms. The fraction of sp³-hybridized carbons (Fsp3) is 0.345. The minimum Gasteiger partial charge on any atom is -0.449 e. The van der Waals surface area contributed by atoms with Crippen molar-refractivity contribution in [3.05, 3.63) is 83.6 Å². The molecule has 0 saturated carbocycles. The maximum absolute atomic E-state index is 13.3. The highest BCUT2D eigenvalue weighted by atomic mass is 16.7. The first-order valence-corrected chi connectivity index (χ1v) is 12.8. The van der Waals surface area contributed by atoms with Gasteiger partial charge in [-0.05, 0) is 67.3 Å². The van der Waals surface area contributed by atoms with Gasteiger partial charge in [0.1, 0.15) is 12.3 Å². The quantitative estimate of drug-likeness (QED) is 0.554. The summed E-state index contributed by atoms with van der Waals surface area (Å²) in [5.41, 5.74) is 4.10. The number of allylic oxidation sites excluding steroid dienone is 2. The molecule has 2 aromatic rings. The molecule has 2 aromatic carbocycles. The molecule has 1 amide bonds. The number of hydrogen-bond donors (Lipinski definition) is 1. The molecule has 3 aliphatic rings. The van der Waals surface area contributed by atoms with Gasteiger partial charge in [-0.2, -0.15) is 0 Å². The van der Waals surface area contributed by atoms with Gasteiger partial charge in [-0.25, -0.2) is 9.59 Å². The Morgan fingerprint density at radius 1 is 1.05 bits per heavy atom. The van der Waals surface area contributed by atoms with Gasteiger partial charge in [0, 0.05) is 5.92 Å². The lowest BCUT2D eigenvalue weighted by Crippen LogP contribution is -2.53. The van der Waals surface area contributed by atoms with Crippen molar-refractivity contribution in [2.24, 2.45) is 10.3 Å². The van der Waals surface area contributed by atoms with Crippen LogP contribution >= 0.6 is 0 Å². The highest BCUT2D eigenvalue weighted by Crippen LogP contribution is 2.44. The van der Waals surface area contributed by atoms with Gasteiger partial charge in [0.15, 0.2) is 17.9 Å². The number of carbonyl (C=O) groups excluding carboxylic acids is 3. The number of fused-ring (bicyclic) bond motifs is 4. The molecule has 0 aromatic heterocycles. The Morgan fingerprint density at radius 2 is 1.69 bits per heavy atom. The summed E-state index contributed by atoms with van der Waals surface area (Å²) in [7, 11) is 0. The average Bonchev–Trinajstić information content (AvgIpc) is 3.44. The SMILES string of the molecule is C[C@H](OC(C)(C)C)[C@H](NC(=O)OCC1c2ccccc2-c2ccccc21)C(=O)ON1N=NC2=CC=CC(=O)[C@@H]21. The van der Waals surface area contributed by atoms with Crippen LogP contribution < -0.4 is 5.32 Å². The maximum atomic E-state index is 13.3. The molecule has 0 bridgehead atoms. The van der Waals surface area contributed by atoms with Gasteiger partial charge < -0.3 is 19.6 Å². The van der Waals surface area contributed by atoms with E-state index in [-0.39, 0.29) is 18.3 Å². The van der Waals surface area contributed by atoms with Crippen molar-refractivity contribution in [2.45, 2.75) is 57.4 Å². The van der Waals surface area contributed by atoms with Gasteiger partial charge >= 0.3 is 12.1 Å². The molecule has 1 aliphatic heterocycles. The standard InChI is InChI=1S/C29H30N4O6/c1-17(38-29(2,3)4)25(27(35)39-33-26-23(31-32-33)14-9-15-24(26)34)30-28(36)37-16-22-20-12-7-5-10-18(20)19-11-6-8-13-21(19)22/h5-15,17,22,25-26H,16H2,1-4H3,(H,30,36)/t17-,25-,26+/m0/s1. The van der Waals surface area contributed by atoms with Gasteiger partial charge in [0.05, 0.1) is 11.7 Å². The molecular formula is C29H30N4O6. The van der Waals surface area contributed by atoms with Crippen LogP contribution in [0.3, 0.4) is 0 Å². The highest BCUT2D eigenvalue weighted by Gasteiger charge is 2.41. The molecule has 10 nitrogen and oxygen atoms in total. The number of ether oxygens (including phenoxy) is 2. The van der Waals surface area contributed by atoms with E-state index < -0.39 is 35.9 Å². The number of nitrogens with zero attached hydrogens (tertiary/aromatic N) is 3. The van der Waals surface area contributed by atoms with Crippen molar-refractivity contribution >= 4 is 17.8 Å². The van der Waals surface area contributed by atoms with E-state index in [1.165, 1.54) is 6.08 Å². The third-order valence-electron chi connectivity index (χ3n) is 6.61. The van der Waals surface area contributed by atoms with Crippen molar-refractivity contribution < 1.29 is 28.7 Å². The number of benzene rings is 2. The molecule has 0 spiro atoms. The fourth-order valence-electron chi connectivity index (χ4n) is 5.01. The lowest BCUT2D eigenvalue weighted by atomic mass is 9.98. The van der Waals surface area contributed by atoms with Crippen LogP contribution in [0.2, 0.25) is 0 Å². The lowest BCUT2D eigenvalue weighted by molar-refractivity contribution is -0.203. The number of nitrogens with one attached hydrogen (secondary N) is 1. The molecule has 3 atom stereocenters. The second-order valence-electron chi connectivity index (χ2n) is 10.5. The van der Waals surface area contributed by atoms with Crippen LogP contribution in [0.5, 0.6) is 0 Å². The third kappa shape index (κ3) is 5.46. The Morgan fingerprint density at radius 3 is 2.33 bits per heavy atom. The van der Waals surface area contributed by atoms with Gasteiger partial charge in [-0.1, -0.05) is 59.8 Å². The zero-order chi connectivity index (χ0) is 27.7. The van der Waals surface area contributed by atoms with Gasteiger partial charge in [-0.15, -0.1) is 5.11 Å². The van der Waals surface area contributed by atoms with Crippen molar-refractivity contribution in [1.29, 1.82) is 0 Å². The number of alkyl carbamates (subject to hydrolysis) is 1. The molecular weight excluding hydrogens is 500 g/mol. The van der Waals surface area contributed by atoms with Crippen LogP contribution in [0.25, 0.3) is 11.1 Å². The Kier molecular flexibility index (Phi) is 7.05. The second kappa shape index (κ2) is 10.5. The van der Waals surface area contributed by atoms with E-state index in [4.69, 9.17) is 14.3 Å². The maximum Gasteiger partial charge on any atom is 0.407 e. The number of hydroxylamine groups is 1. The first kappa shape index (κ1) is 26.3. The summed E-state index contributed by atoms with van der Waals surface area (Å²) < 4.78 is 11.6. The fourth-order valence-corrected chi connectivity index (χ4v) is 5.01. The Bertz CT molecular complexity index is 1350. The van der Waals surface area contributed by atoms with Gasteiger partial charge in [-0.3, -0.25) is 4.79 Å². The summed E-state index contributed by atoms with van der Waals surface area (Å²) >= 11 is 0. The number of hydrogen-bond acceptors (Lipinski definition) is 9. The van der Waals surface area contributed by atoms with Crippen molar-refractivity contribution in [2.75, 3.05) is 6.61 Å². The summed E-state index contributed by atoms with van der Waals surface area (Å²) in [4.78, 5) is 44.0. The lowest BCUT2D eigenvalue weighted by Gasteiger charge is -2.31. The van der Waals surface area contributed by atoms with Crippen LogP contribution in [-0.4, -0.2) is 53.4 Å². The summed E-state index contributed by atoms with van der Waals surface area (Å²) in [5.74, 6) is -1.34. The molecule has 0 fully saturated rings. The van der Waals surface area contributed by atoms with Crippen molar-refractivity contribution in [3.8, 4) is 11.1 Å². The van der Waals surface area contributed by atoms with Crippen LogP contribution in [0.1, 0.15) is 44.7 Å². The van der Waals surface area contributed by atoms with Gasteiger partial charge in [0.25, 0.3) is 0 Å². The van der Waals surface area contributed by atoms with E-state index in [1.807, 2.05) is 57.2 Å². The Balaban J connectivity index is 1.28. The number of ketones is 1. The number of rotatable bonds is 7. The van der Waals surface area contributed by atoms with Gasteiger partial charge in [0.2, 0.25) is 0 Å². The largest absolute Gasteiger partial charge is 0.449 e. The topological polar surface area (TPSA) is 119 Å². The minimum absolute atomic E-state index is 0.0769. The average molecular weight is 531 g/mol. The Hall–Kier alpha value is -4.31. The number of carbonyl (C=O) groups is 3. The second-order valence-corrected chi connectivity index (χ2v) is 10.5. The molecule has 2 aliphatic carbocycles. The monoisotopic (exact) mass is 530 g/mol. The van der Waals surface area contributed by atoms with Crippen molar-refractivity contribution in [1.82, 2.24) is 10.5 Å². The Labute approximate surface area is 226 Å². The summed E-state index contributed by atoms with van der Waals surface area (Å²) in [5, 5.41) is 11.1. The van der Waals surface area contributed by atoms with Crippen molar-refractivity contribution in [3.63, 3.8) is 0 Å². The molecule has 1 heterocycles. The third-order valence-corrected chi connectivity index (χ3v) is 6.61. The van der Waals surface area contributed by atoms with E-state index >= 15 is 0 Å². The predicted molar refractivity (Wildman–Crippen MR) is 141 cm³/mol. The van der Waals surface area contributed by atoms with Crippen LogP contribution in [0.15, 0.2) is 82.8 Å². The highest BCUT2D eigenvalue weighted by molar-refractivity contribution is 5.98. The number of amides is 1. The first-order chi connectivity index (χ1) is 18.6. The smallest absolute Gasteiger partial charge is 0.407 e. The molecule has 0 unspecified atom stereocenters. The molecule has 202 valence electrons. The zero-order valence-electron chi connectivity index (χ0n) is 22.2. The first-order valence-electron chi connectivity index (χ1n) is 12.8. The van der Waals surface area contributed by atoms with E-state index in [2.05, 4.69) is 27.8 Å². The summed E-state index contributed by atoms with van der Waals surface area (Å²) in [6.45, 7) is 7.22. The molecule has 0 radical (unpaired) electrons. The van der Waals surface area contributed by atoms with Crippen LogP contribution in [-0.2, 0) is 23.9 Å². The molecule has 0 saturated heterocycles. The summed E-state index contributed by atoms with van der Waals surface area (Å²) in [6, 6.07) is 13.8. The molecule has 39 heavy (non-hydrogen) atoms. The summed E-state index contributed by atoms with van der Waals surface area (Å²) in [6.07, 6.45) is 2.92. The predicted octanol–water partition coefficient (Wildman–Crippen LogP) is 4.63. The van der Waals surface area contributed by atoms with E-state index in [1.54, 1.807) is 19.1 Å². The van der Waals surface area contributed by atoms with E-state index in [0.717, 1.165) is 27.4 Å². The minimum atomic E-state index is -1.25. The zero-order valence-corrected chi connectivity index (χ0v) is 22.2. The molecule has 5 rings (SSSR count). The normalized spacial score (nSPS) is 19.1. The van der Waals surface area contributed by atoms with E-state index in [0.29, 0.717) is 5.70 Å². The van der Waals surface area contributed by atoms with E-state index in [9.17, 15) is 14.4 Å². The van der Waals surface area contributed by atoms with Crippen LogP contribution in [0, 0.1) is 0 Å². The van der Waals surface area contributed by atoms with Crippen LogP contribution in [0.4, 0.5) is 4.79 Å².